The molecule has 0 bridgehead atoms. The highest BCUT2D eigenvalue weighted by molar-refractivity contribution is 8.18. The van der Waals surface area contributed by atoms with Crippen LogP contribution >= 0.6 is 11.8 Å². The topological polar surface area (TPSA) is 117 Å². The number of carboxylic acid groups (broad SMARTS) is 1. The second-order valence-corrected chi connectivity index (χ2v) is 9.09. The number of aromatic carboxylic acids is 1. The van der Waals surface area contributed by atoms with Gasteiger partial charge in [0.2, 0.25) is 5.91 Å². The maximum Gasteiger partial charge on any atom is 0.335 e. The first-order valence-electron chi connectivity index (χ1n) is 10.7. The molecule has 0 aliphatic carbocycles. The minimum Gasteiger partial charge on any atom is -0.478 e. The lowest BCUT2D eigenvalue weighted by molar-refractivity contribution is -0.127. The molecular formula is C26H22N2O6S. The molecule has 0 radical (unpaired) electrons. The molecule has 1 aromatic heterocycles. The van der Waals surface area contributed by atoms with Crippen LogP contribution in [0.25, 0.3) is 17.4 Å². The first kappa shape index (κ1) is 24.0. The Labute approximate surface area is 205 Å². The average Bonchev–Trinajstić information content (AvgIpc) is 3.37. The molecule has 9 heteroatoms. The average molecular weight is 491 g/mol. The lowest BCUT2D eigenvalue weighted by atomic mass is 10.0. The van der Waals surface area contributed by atoms with Crippen molar-refractivity contribution in [2.24, 2.45) is 0 Å². The summed E-state index contributed by atoms with van der Waals surface area (Å²) in [5, 5.41) is 11.3. The van der Waals surface area contributed by atoms with Crippen molar-refractivity contribution in [3.05, 3.63) is 81.5 Å². The van der Waals surface area contributed by atoms with E-state index >= 15 is 0 Å². The molecule has 2 heterocycles. The van der Waals surface area contributed by atoms with Gasteiger partial charge in [0.1, 0.15) is 18.1 Å². The number of imide groups is 1. The molecule has 0 spiro atoms. The Bertz CT molecular complexity index is 1400. The van der Waals surface area contributed by atoms with Crippen LogP contribution in [0.5, 0.6) is 0 Å². The molecule has 2 N–H and O–H groups in total. The second kappa shape index (κ2) is 9.63. The summed E-state index contributed by atoms with van der Waals surface area (Å²) in [4.78, 5) is 49.9. The van der Waals surface area contributed by atoms with Gasteiger partial charge in [0.25, 0.3) is 11.1 Å². The SMILES string of the molecule is Cc1cc(C(=O)O)ccc1-c1ccc(/C=C2\SC(=O)N(CC(=O)Nc3cccc(C)c3C)C2=O)o1. The van der Waals surface area contributed by atoms with Crippen LogP contribution in [0.2, 0.25) is 0 Å². The Morgan fingerprint density at radius 1 is 1.06 bits per heavy atom. The lowest BCUT2D eigenvalue weighted by Crippen LogP contribution is -2.36. The van der Waals surface area contributed by atoms with Gasteiger partial charge in [-0.1, -0.05) is 18.2 Å². The predicted molar refractivity (Wildman–Crippen MR) is 133 cm³/mol. The number of carbonyl (C=O) groups is 4. The van der Waals surface area contributed by atoms with E-state index < -0.39 is 29.6 Å². The molecule has 2 aromatic carbocycles. The number of furan rings is 1. The van der Waals surface area contributed by atoms with E-state index in [0.717, 1.165) is 33.4 Å². The number of carboxylic acids is 1. The summed E-state index contributed by atoms with van der Waals surface area (Å²) in [5.41, 5.74) is 4.17. The molecule has 0 atom stereocenters. The molecule has 3 aromatic rings. The van der Waals surface area contributed by atoms with E-state index in [1.807, 2.05) is 26.0 Å². The van der Waals surface area contributed by atoms with Crippen LogP contribution in [0.15, 0.2) is 57.9 Å². The van der Waals surface area contributed by atoms with Crippen LogP contribution < -0.4 is 5.32 Å². The summed E-state index contributed by atoms with van der Waals surface area (Å²) in [5.74, 6) is -1.21. The third kappa shape index (κ3) is 5.04. The fraction of sp³-hybridized carbons (Fsp3) is 0.154. The molecule has 1 fully saturated rings. The van der Waals surface area contributed by atoms with E-state index in [4.69, 9.17) is 9.52 Å². The molecule has 8 nitrogen and oxygen atoms in total. The number of aryl methyl sites for hydroxylation is 2. The van der Waals surface area contributed by atoms with Crippen LogP contribution in [0.4, 0.5) is 10.5 Å². The van der Waals surface area contributed by atoms with Crippen molar-refractivity contribution >= 4 is 46.5 Å². The Hall–Kier alpha value is -4.11. The van der Waals surface area contributed by atoms with Gasteiger partial charge in [0, 0.05) is 17.3 Å². The van der Waals surface area contributed by atoms with Gasteiger partial charge in [-0.15, -0.1) is 0 Å². The minimum absolute atomic E-state index is 0.147. The molecule has 0 saturated carbocycles. The zero-order valence-electron chi connectivity index (χ0n) is 19.2. The first-order valence-corrected chi connectivity index (χ1v) is 11.5. The first-order chi connectivity index (χ1) is 16.6. The standard InChI is InChI=1S/C26H22N2O6S/c1-14-5-4-6-20(16(14)3)27-23(29)13-28-24(30)22(35-26(28)33)12-18-8-10-21(34-18)19-9-7-17(25(31)32)11-15(19)2/h4-12H,13H2,1-3H3,(H,27,29)(H,31,32)/b22-12-. The van der Waals surface area contributed by atoms with Gasteiger partial charge in [-0.2, -0.15) is 0 Å². The number of thioether (sulfide) groups is 1. The van der Waals surface area contributed by atoms with Crippen molar-refractivity contribution in [2.45, 2.75) is 20.8 Å². The highest BCUT2D eigenvalue weighted by Crippen LogP contribution is 2.34. The van der Waals surface area contributed by atoms with Gasteiger partial charge in [0.15, 0.2) is 0 Å². The molecule has 4 rings (SSSR count). The number of hydrogen-bond acceptors (Lipinski definition) is 6. The quantitative estimate of drug-likeness (QED) is 0.454. The van der Waals surface area contributed by atoms with Crippen molar-refractivity contribution in [1.82, 2.24) is 4.90 Å². The highest BCUT2D eigenvalue weighted by atomic mass is 32.2. The number of nitrogens with zero attached hydrogens (tertiary/aromatic N) is 1. The molecule has 1 aliphatic heterocycles. The molecule has 1 aliphatic rings. The van der Waals surface area contributed by atoms with Gasteiger partial charge in [0.05, 0.1) is 10.5 Å². The summed E-state index contributed by atoms with van der Waals surface area (Å²) >= 11 is 0.737. The van der Waals surface area contributed by atoms with Crippen molar-refractivity contribution in [3.8, 4) is 11.3 Å². The Morgan fingerprint density at radius 3 is 2.54 bits per heavy atom. The van der Waals surface area contributed by atoms with Crippen LogP contribution in [-0.2, 0) is 9.59 Å². The summed E-state index contributed by atoms with van der Waals surface area (Å²) < 4.78 is 5.82. The second-order valence-electron chi connectivity index (χ2n) is 8.10. The maximum atomic E-state index is 12.8. The third-order valence-electron chi connectivity index (χ3n) is 5.69. The van der Waals surface area contributed by atoms with Crippen LogP contribution in [-0.4, -0.2) is 39.6 Å². The van der Waals surface area contributed by atoms with Gasteiger partial charge in [-0.3, -0.25) is 19.3 Å². The fourth-order valence-electron chi connectivity index (χ4n) is 3.63. The van der Waals surface area contributed by atoms with Crippen molar-refractivity contribution in [1.29, 1.82) is 0 Å². The van der Waals surface area contributed by atoms with E-state index in [-0.39, 0.29) is 10.5 Å². The van der Waals surface area contributed by atoms with Crippen LogP contribution in [0, 0.1) is 20.8 Å². The van der Waals surface area contributed by atoms with Crippen molar-refractivity contribution in [3.63, 3.8) is 0 Å². The predicted octanol–water partition coefficient (Wildman–Crippen LogP) is 5.25. The number of carbonyl (C=O) groups excluding carboxylic acids is 3. The van der Waals surface area contributed by atoms with Gasteiger partial charge in [-0.05, 0) is 79.6 Å². The summed E-state index contributed by atoms with van der Waals surface area (Å²) in [6.07, 6.45) is 1.46. The van der Waals surface area contributed by atoms with Gasteiger partial charge >= 0.3 is 5.97 Å². The van der Waals surface area contributed by atoms with E-state index in [9.17, 15) is 19.2 Å². The third-order valence-corrected chi connectivity index (χ3v) is 6.60. The number of benzene rings is 2. The summed E-state index contributed by atoms with van der Waals surface area (Å²) in [6, 6.07) is 13.6. The van der Waals surface area contributed by atoms with Crippen molar-refractivity contribution in [2.75, 3.05) is 11.9 Å². The van der Waals surface area contributed by atoms with E-state index in [2.05, 4.69) is 5.32 Å². The summed E-state index contributed by atoms with van der Waals surface area (Å²) in [7, 11) is 0. The normalized spacial score (nSPS) is 14.6. The Balaban J connectivity index is 1.47. The van der Waals surface area contributed by atoms with E-state index in [1.54, 1.807) is 37.3 Å². The minimum atomic E-state index is -1.02. The summed E-state index contributed by atoms with van der Waals surface area (Å²) in [6.45, 7) is 5.19. The number of anilines is 1. The van der Waals surface area contributed by atoms with E-state index in [0.29, 0.717) is 22.8 Å². The molecule has 0 unspecified atom stereocenters. The van der Waals surface area contributed by atoms with Gasteiger partial charge in [-0.25, -0.2) is 4.79 Å². The fourth-order valence-corrected chi connectivity index (χ4v) is 4.45. The van der Waals surface area contributed by atoms with E-state index in [1.165, 1.54) is 12.1 Å². The Kier molecular flexibility index (Phi) is 6.61. The zero-order chi connectivity index (χ0) is 25.3. The highest BCUT2D eigenvalue weighted by Gasteiger charge is 2.36. The number of hydrogen-bond donors (Lipinski definition) is 2. The van der Waals surface area contributed by atoms with Crippen LogP contribution in [0.1, 0.15) is 32.8 Å². The molecule has 35 heavy (non-hydrogen) atoms. The lowest BCUT2D eigenvalue weighted by Gasteiger charge is -2.14. The number of amides is 3. The van der Waals surface area contributed by atoms with Crippen LogP contribution in [0.3, 0.4) is 0 Å². The number of rotatable bonds is 6. The smallest absolute Gasteiger partial charge is 0.335 e. The molecule has 1 saturated heterocycles. The molecular weight excluding hydrogens is 468 g/mol. The van der Waals surface area contributed by atoms with Gasteiger partial charge < -0.3 is 14.8 Å². The zero-order valence-corrected chi connectivity index (χ0v) is 20.1. The number of nitrogens with one attached hydrogen (secondary N) is 1. The molecule has 178 valence electrons. The molecule has 3 amide bonds. The maximum absolute atomic E-state index is 12.8. The van der Waals surface area contributed by atoms with Crippen molar-refractivity contribution < 1.29 is 28.7 Å². The largest absolute Gasteiger partial charge is 0.478 e. The Morgan fingerprint density at radius 2 is 1.83 bits per heavy atom. The monoisotopic (exact) mass is 490 g/mol.